The van der Waals surface area contributed by atoms with Gasteiger partial charge in [0.2, 0.25) is 0 Å². The number of thioether (sulfide) groups is 1. The number of benzene rings is 2. The topological polar surface area (TPSA) is 59.1 Å². The van der Waals surface area contributed by atoms with Crippen molar-refractivity contribution in [3.05, 3.63) is 48.0 Å². The Morgan fingerprint density at radius 1 is 1.17 bits per heavy atom. The highest BCUT2D eigenvalue weighted by Gasteiger charge is 2.20. The van der Waals surface area contributed by atoms with Gasteiger partial charge >= 0.3 is 0 Å². The van der Waals surface area contributed by atoms with Crippen molar-refractivity contribution in [1.82, 2.24) is 4.98 Å². The molecule has 0 saturated carbocycles. The third kappa shape index (κ3) is 3.31. The minimum atomic E-state index is -4.14. The molecule has 1 heterocycles. The highest BCUT2D eigenvalue weighted by molar-refractivity contribution is 8.00. The summed E-state index contributed by atoms with van der Waals surface area (Å²) in [6.45, 7) is 0. The summed E-state index contributed by atoms with van der Waals surface area (Å²) < 4.78 is 55.0. The standard InChI is InChI=1S/C14H10F2N2O2S3/c1-21-14-17-11-4-3-9(7-12(11)22-14)18-23(19,20)13-5-2-8(15)6-10(13)16/h2-7,18H,1H3. The maximum Gasteiger partial charge on any atom is 0.264 e. The third-order valence-electron chi connectivity index (χ3n) is 2.98. The number of hydrogen-bond acceptors (Lipinski definition) is 5. The van der Waals surface area contributed by atoms with Crippen LogP contribution in [0, 0.1) is 11.6 Å². The van der Waals surface area contributed by atoms with Crippen molar-refractivity contribution in [1.29, 1.82) is 0 Å². The first-order valence-corrected chi connectivity index (χ1v) is 9.84. The van der Waals surface area contributed by atoms with Gasteiger partial charge in [0, 0.05) is 6.07 Å². The van der Waals surface area contributed by atoms with Gasteiger partial charge in [0.25, 0.3) is 10.0 Å². The molecule has 0 unspecified atom stereocenters. The van der Waals surface area contributed by atoms with Gasteiger partial charge < -0.3 is 0 Å². The van der Waals surface area contributed by atoms with Crippen LogP contribution < -0.4 is 4.72 Å². The molecule has 9 heteroatoms. The molecular weight excluding hydrogens is 362 g/mol. The highest BCUT2D eigenvalue weighted by Crippen LogP contribution is 2.30. The van der Waals surface area contributed by atoms with Crippen LogP contribution in [0.3, 0.4) is 0 Å². The maximum atomic E-state index is 13.7. The van der Waals surface area contributed by atoms with Gasteiger partial charge in [-0.1, -0.05) is 11.8 Å². The molecule has 3 aromatic rings. The van der Waals surface area contributed by atoms with E-state index in [1.165, 1.54) is 23.1 Å². The van der Waals surface area contributed by atoms with Crippen LogP contribution in [-0.4, -0.2) is 19.7 Å². The summed E-state index contributed by atoms with van der Waals surface area (Å²) in [5.41, 5.74) is 1.05. The van der Waals surface area contributed by atoms with Crippen LogP contribution in [0.15, 0.2) is 45.6 Å². The lowest BCUT2D eigenvalue weighted by atomic mass is 10.3. The van der Waals surface area contributed by atoms with Gasteiger partial charge in [-0.25, -0.2) is 22.2 Å². The molecule has 0 fully saturated rings. The number of fused-ring (bicyclic) bond motifs is 1. The van der Waals surface area contributed by atoms with Gasteiger partial charge in [-0.05, 0) is 36.6 Å². The second-order valence-corrected chi connectivity index (χ2v) is 8.28. The van der Waals surface area contributed by atoms with Crippen LogP contribution >= 0.6 is 23.1 Å². The molecule has 4 nitrogen and oxygen atoms in total. The molecule has 0 aliphatic rings. The molecule has 0 saturated heterocycles. The number of hydrogen-bond donors (Lipinski definition) is 1. The average molecular weight is 372 g/mol. The fourth-order valence-corrected chi connectivity index (χ4v) is 4.60. The van der Waals surface area contributed by atoms with Crippen LogP contribution in [0.5, 0.6) is 0 Å². The Morgan fingerprint density at radius 3 is 2.65 bits per heavy atom. The van der Waals surface area contributed by atoms with E-state index in [9.17, 15) is 17.2 Å². The fourth-order valence-electron chi connectivity index (χ4n) is 1.96. The van der Waals surface area contributed by atoms with Crippen molar-refractivity contribution < 1.29 is 17.2 Å². The van der Waals surface area contributed by atoms with Crippen molar-refractivity contribution in [2.75, 3.05) is 11.0 Å². The summed E-state index contributed by atoms with van der Waals surface area (Å²) in [6, 6.07) is 7.19. The molecule has 1 N–H and O–H groups in total. The summed E-state index contributed by atoms with van der Waals surface area (Å²) in [6.07, 6.45) is 1.90. The number of nitrogens with zero attached hydrogens (tertiary/aromatic N) is 1. The Morgan fingerprint density at radius 2 is 1.96 bits per heavy atom. The monoisotopic (exact) mass is 372 g/mol. The molecule has 23 heavy (non-hydrogen) atoms. The molecule has 120 valence electrons. The lowest BCUT2D eigenvalue weighted by Crippen LogP contribution is -2.14. The molecule has 0 bridgehead atoms. The Kier molecular flexibility index (Phi) is 4.26. The summed E-state index contributed by atoms with van der Waals surface area (Å²) in [7, 11) is -4.14. The zero-order chi connectivity index (χ0) is 16.6. The second kappa shape index (κ2) is 6.06. The molecule has 0 spiro atoms. The first-order chi connectivity index (χ1) is 10.9. The van der Waals surface area contributed by atoms with Crippen LogP contribution in [0.25, 0.3) is 10.2 Å². The SMILES string of the molecule is CSc1nc2ccc(NS(=O)(=O)c3ccc(F)cc3F)cc2s1. The molecule has 0 aliphatic heterocycles. The summed E-state index contributed by atoms with van der Waals surface area (Å²) in [5.74, 6) is -1.97. The van der Waals surface area contributed by atoms with Crippen molar-refractivity contribution in [2.45, 2.75) is 9.24 Å². The lowest BCUT2D eigenvalue weighted by Gasteiger charge is -2.08. The van der Waals surface area contributed by atoms with Crippen LogP contribution in [-0.2, 0) is 10.0 Å². The predicted octanol–water partition coefficient (Wildman–Crippen LogP) is 4.10. The zero-order valence-corrected chi connectivity index (χ0v) is 14.2. The lowest BCUT2D eigenvalue weighted by molar-refractivity contribution is 0.551. The van der Waals surface area contributed by atoms with Gasteiger partial charge in [0.1, 0.15) is 16.5 Å². The van der Waals surface area contributed by atoms with Gasteiger partial charge in [0.15, 0.2) is 4.34 Å². The summed E-state index contributed by atoms with van der Waals surface area (Å²) >= 11 is 2.93. The fraction of sp³-hybridized carbons (Fsp3) is 0.0714. The van der Waals surface area contributed by atoms with Crippen molar-refractivity contribution in [3.8, 4) is 0 Å². The molecule has 0 radical (unpaired) electrons. The Bertz CT molecular complexity index is 987. The van der Waals surface area contributed by atoms with E-state index in [4.69, 9.17) is 0 Å². The van der Waals surface area contributed by atoms with E-state index >= 15 is 0 Å². The van der Waals surface area contributed by atoms with E-state index in [-0.39, 0.29) is 5.69 Å². The van der Waals surface area contributed by atoms with Crippen molar-refractivity contribution in [3.63, 3.8) is 0 Å². The smallest absolute Gasteiger partial charge is 0.264 e. The second-order valence-electron chi connectivity index (χ2n) is 4.55. The predicted molar refractivity (Wildman–Crippen MR) is 88.6 cm³/mol. The van der Waals surface area contributed by atoms with Crippen LogP contribution in [0.4, 0.5) is 14.5 Å². The number of aromatic nitrogens is 1. The van der Waals surface area contributed by atoms with Gasteiger partial charge in [-0.2, -0.15) is 0 Å². The van der Waals surface area contributed by atoms with E-state index in [0.717, 1.165) is 26.7 Å². The van der Waals surface area contributed by atoms with E-state index in [1.807, 2.05) is 6.26 Å². The molecule has 0 aliphatic carbocycles. The molecule has 0 atom stereocenters. The van der Waals surface area contributed by atoms with Gasteiger partial charge in [-0.3, -0.25) is 4.72 Å². The molecular formula is C14H10F2N2O2S3. The Balaban J connectivity index is 1.96. The largest absolute Gasteiger partial charge is 0.279 e. The zero-order valence-electron chi connectivity index (χ0n) is 11.7. The number of halogens is 2. The molecule has 1 aromatic heterocycles. The molecule has 2 aromatic carbocycles. The Labute approximate surface area is 139 Å². The minimum Gasteiger partial charge on any atom is -0.279 e. The van der Waals surface area contributed by atoms with Crippen LogP contribution in [0.1, 0.15) is 0 Å². The van der Waals surface area contributed by atoms with E-state index < -0.39 is 26.6 Å². The highest BCUT2D eigenvalue weighted by atomic mass is 32.2. The van der Waals surface area contributed by atoms with Crippen molar-refractivity contribution in [2.24, 2.45) is 0 Å². The summed E-state index contributed by atoms with van der Waals surface area (Å²) in [5, 5.41) is 0. The number of thiazole rings is 1. The first kappa shape index (κ1) is 16.2. The van der Waals surface area contributed by atoms with Gasteiger partial charge in [-0.15, -0.1) is 11.3 Å². The minimum absolute atomic E-state index is 0.289. The van der Waals surface area contributed by atoms with E-state index in [2.05, 4.69) is 9.71 Å². The average Bonchev–Trinajstić information content (AvgIpc) is 2.88. The first-order valence-electron chi connectivity index (χ1n) is 6.31. The maximum absolute atomic E-state index is 13.7. The normalized spacial score (nSPS) is 11.8. The number of nitrogens with one attached hydrogen (secondary N) is 1. The third-order valence-corrected chi connectivity index (χ3v) is 6.40. The quantitative estimate of drug-likeness (QED) is 0.701. The molecule has 0 amide bonds. The van der Waals surface area contributed by atoms with Crippen molar-refractivity contribution >= 4 is 49.0 Å². The summed E-state index contributed by atoms with van der Waals surface area (Å²) in [4.78, 5) is 3.75. The molecule has 3 rings (SSSR count). The number of anilines is 1. The number of sulfonamides is 1. The number of rotatable bonds is 4. The van der Waals surface area contributed by atoms with Gasteiger partial charge in [0.05, 0.1) is 15.9 Å². The van der Waals surface area contributed by atoms with E-state index in [0.29, 0.717) is 6.07 Å². The van der Waals surface area contributed by atoms with Crippen LogP contribution in [0.2, 0.25) is 0 Å². The van der Waals surface area contributed by atoms with E-state index in [1.54, 1.807) is 18.2 Å². The Hall–Kier alpha value is -1.71.